The SMILES string of the molecule is COC(=O)C1CC2CC1C(NCc1ccccc1)(C(=O)OC)C2. The standard InChI is InChI=1S/C18H23NO4/c1-22-16(20)14-8-13-9-15(14)18(10-13,17(21)23-2)19-11-12-6-4-3-5-7-12/h3-7,13-15,19H,8-11H2,1-2H3. The number of carbonyl (C=O) groups excluding carboxylic acids is 2. The van der Waals surface area contributed by atoms with E-state index < -0.39 is 5.54 Å². The number of hydrogen-bond donors (Lipinski definition) is 1. The van der Waals surface area contributed by atoms with E-state index in [9.17, 15) is 9.59 Å². The van der Waals surface area contributed by atoms with E-state index in [1.807, 2.05) is 30.3 Å². The first-order chi connectivity index (χ1) is 11.1. The summed E-state index contributed by atoms with van der Waals surface area (Å²) in [5.41, 5.74) is 0.319. The Kier molecular flexibility index (Phi) is 4.39. The summed E-state index contributed by atoms with van der Waals surface area (Å²) in [6, 6.07) is 9.94. The fourth-order valence-corrected chi connectivity index (χ4v) is 4.42. The van der Waals surface area contributed by atoms with E-state index in [4.69, 9.17) is 9.47 Å². The fourth-order valence-electron chi connectivity index (χ4n) is 4.42. The normalized spacial score (nSPS) is 31.8. The van der Waals surface area contributed by atoms with Crippen molar-refractivity contribution in [2.75, 3.05) is 14.2 Å². The van der Waals surface area contributed by atoms with Gasteiger partial charge in [0.1, 0.15) is 5.54 Å². The summed E-state index contributed by atoms with van der Waals surface area (Å²) in [4.78, 5) is 24.6. The lowest BCUT2D eigenvalue weighted by Gasteiger charge is -2.39. The molecular weight excluding hydrogens is 294 g/mol. The lowest BCUT2D eigenvalue weighted by molar-refractivity contribution is -0.157. The molecule has 124 valence electrons. The van der Waals surface area contributed by atoms with E-state index in [2.05, 4.69) is 5.32 Å². The van der Waals surface area contributed by atoms with Gasteiger partial charge >= 0.3 is 11.9 Å². The summed E-state index contributed by atoms with van der Waals surface area (Å²) in [6.07, 6.45) is 2.41. The second kappa shape index (κ2) is 6.32. The highest BCUT2D eigenvalue weighted by molar-refractivity contribution is 5.84. The van der Waals surface area contributed by atoms with Crippen LogP contribution in [0.15, 0.2) is 30.3 Å². The van der Waals surface area contributed by atoms with Crippen molar-refractivity contribution in [3.63, 3.8) is 0 Å². The van der Waals surface area contributed by atoms with Crippen molar-refractivity contribution < 1.29 is 19.1 Å². The zero-order valence-corrected chi connectivity index (χ0v) is 13.6. The first-order valence-electron chi connectivity index (χ1n) is 8.06. The average molecular weight is 317 g/mol. The Morgan fingerprint density at radius 1 is 1.17 bits per heavy atom. The average Bonchev–Trinajstić information content (AvgIpc) is 3.18. The molecule has 2 aliphatic carbocycles. The molecule has 0 amide bonds. The molecule has 2 aliphatic rings. The maximum atomic E-state index is 12.6. The molecule has 0 aromatic heterocycles. The van der Waals surface area contributed by atoms with Crippen LogP contribution in [0.4, 0.5) is 0 Å². The van der Waals surface area contributed by atoms with Crippen LogP contribution in [0.2, 0.25) is 0 Å². The highest BCUT2D eigenvalue weighted by atomic mass is 16.5. The minimum atomic E-state index is -0.785. The predicted octanol–water partition coefficient (Wildman–Crippen LogP) is 1.91. The molecule has 0 spiro atoms. The van der Waals surface area contributed by atoms with E-state index in [0.29, 0.717) is 12.5 Å². The summed E-state index contributed by atoms with van der Waals surface area (Å²) in [5, 5.41) is 3.42. The summed E-state index contributed by atoms with van der Waals surface area (Å²) in [7, 11) is 2.82. The molecule has 2 fully saturated rings. The van der Waals surface area contributed by atoms with Gasteiger partial charge in [-0.1, -0.05) is 30.3 Å². The van der Waals surface area contributed by atoms with Gasteiger partial charge in [-0.3, -0.25) is 14.9 Å². The number of ether oxygens (including phenoxy) is 2. The molecular formula is C18H23NO4. The van der Waals surface area contributed by atoms with Crippen molar-refractivity contribution in [2.24, 2.45) is 17.8 Å². The third-order valence-corrected chi connectivity index (χ3v) is 5.41. The van der Waals surface area contributed by atoms with Crippen LogP contribution in [0, 0.1) is 17.8 Å². The molecule has 1 aromatic rings. The van der Waals surface area contributed by atoms with Gasteiger partial charge in [0, 0.05) is 12.5 Å². The van der Waals surface area contributed by atoms with Crippen LogP contribution < -0.4 is 5.32 Å². The van der Waals surface area contributed by atoms with Crippen LogP contribution in [0.5, 0.6) is 0 Å². The van der Waals surface area contributed by atoms with E-state index in [1.165, 1.54) is 14.2 Å². The van der Waals surface area contributed by atoms with Crippen molar-refractivity contribution in [3.05, 3.63) is 35.9 Å². The smallest absolute Gasteiger partial charge is 0.326 e. The molecule has 2 saturated carbocycles. The molecule has 23 heavy (non-hydrogen) atoms. The number of benzene rings is 1. The van der Waals surface area contributed by atoms with Gasteiger partial charge < -0.3 is 9.47 Å². The number of carbonyl (C=O) groups is 2. The van der Waals surface area contributed by atoms with Gasteiger partial charge in [-0.05, 0) is 30.7 Å². The predicted molar refractivity (Wildman–Crippen MR) is 84.4 cm³/mol. The van der Waals surface area contributed by atoms with Crippen LogP contribution >= 0.6 is 0 Å². The number of esters is 2. The van der Waals surface area contributed by atoms with Gasteiger partial charge in [-0.2, -0.15) is 0 Å². The molecule has 1 aromatic carbocycles. The summed E-state index contributed by atoms with van der Waals surface area (Å²) >= 11 is 0. The van der Waals surface area contributed by atoms with Crippen molar-refractivity contribution in [1.29, 1.82) is 0 Å². The molecule has 1 N–H and O–H groups in total. The Hall–Kier alpha value is -1.88. The topological polar surface area (TPSA) is 64.6 Å². The summed E-state index contributed by atoms with van der Waals surface area (Å²) in [5.74, 6) is -0.398. The van der Waals surface area contributed by atoms with Crippen molar-refractivity contribution in [1.82, 2.24) is 5.32 Å². The fraction of sp³-hybridized carbons (Fsp3) is 0.556. The van der Waals surface area contributed by atoms with Crippen molar-refractivity contribution in [3.8, 4) is 0 Å². The zero-order chi connectivity index (χ0) is 16.4. The Morgan fingerprint density at radius 3 is 2.52 bits per heavy atom. The largest absolute Gasteiger partial charge is 0.469 e. The lowest BCUT2D eigenvalue weighted by atomic mass is 9.74. The first-order valence-corrected chi connectivity index (χ1v) is 8.06. The number of nitrogens with one attached hydrogen (secondary N) is 1. The van der Waals surface area contributed by atoms with E-state index >= 15 is 0 Å². The van der Waals surface area contributed by atoms with E-state index in [-0.39, 0.29) is 23.8 Å². The van der Waals surface area contributed by atoms with Gasteiger partial charge in [0.25, 0.3) is 0 Å². The van der Waals surface area contributed by atoms with Crippen LogP contribution in [0.1, 0.15) is 24.8 Å². The Morgan fingerprint density at radius 2 is 1.91 bits per heavy atom. The first kappa shape index (κ1) is 16.0. The highest BCUT2D eigenvalue weighted by Gasteiger charge is 2.62. The molecule has 2 bridgehead atoms. The molecule has 4 unspecified atom stereocenters. The zero-order valence-electron chi connectivity index (χ0n) is 13.6. The molecule has 5 nitrogen and oxygen atoms in total. The Bertz CT molecular complexity index is 588. The highest BCUT2D eigenvalue weighted by Crippen LogP contribution is 2.54. The van der Waals surface area contributed by atoms with Crippen molar-refractivity contribution in [2.45, 2.75) is 31.3 Å². The molecule has 5 heteroatoms. The third-order valence-electron chi connectivity index (χ3n) is 5.41. The number of methoxy groups -OCH3 is 2. The monoisotopic (exact) mass is 317 g/mol. The number of rotatable bonds is 5. The maximum absolute atomic E-state index is 12.6. The molecule has 0 heterocycles. The quantitative estimate of drug-likeness (QED) is 0.841. The van der Waals surface area contributed by atoms with Gasteiger partial charge in [0.2, 0.25) is 0 Å². The summed E-state index contributed by atoms with van der Waals surface area (Å²) < 4.78 is 10.0. The van der Waals surface area contributed by atoms with Gasteiger partial charge in [0.05, 0.1) is 20.1 Å². The van der Waals surface area contributed by atoms with E-state index in [0.717, 1.165) is 24.8 Å². The molecule has 0 radical (unpaired) electrons. The molecule has 0 aliphatic heterocycles. The molecule has 4 atom stereocenters. The van der Waals surface area contributed by atoms with Gasteiger partial charge in [0.15, 0.2) is 0 Å². The van der Waals surface area contributed by atoms with Gasteiger partial charge in [-0.15, -0.1) is 0 Å². The molecule has 0 saturated heterocycles. The van der Waals surface area contributed by atoms with Gasteiger partial charge in [-0.25, -0.2) is 0 Å². The second-order valence-electron chi connectivity index (χ2n) is 6.58. The van der Waals surface area contributed by atoms with Crippen LogP contribution in [0.3, 0.4) is 0 Å². The Balaban J connectivity index is 1.83. The minimum Gasteiger partial charge on any atom is -0.469 e. The Labute approximate surface area is 136 Å². The molecule has 3 rings (SSSR count). The maximum Gasteiger partial charge on any atom is 0.326 e. The van der Waals surface area contributed by atoms with Crippen LogP contribution in [-0.4, -0.2) is 31.7 Å². The second-order valence-corrected chi connectivity index (χ2v) is 6.58. The summed E-state index contributed by atoms with van der Waals surface area (Å²) in [6.45, 7) is 0.576. The third kappa shape index (κ3) is 2.74. The van der Waals surface area contributed by atoms with Crippen molar-refractivity contribution >= 4 is 11.9 Å². The lowest BCUT2D eigenvalue weighted by Crippen LogP contribution is -2.58. The number of fused-ring (bicyclic) bond motifs is 2. The van der Waals surface area contributed by atoms with Crippen LogP contribution in [0.25, 0.3) is 0 Å². The van der Waals surface area contributed by atoms with Crippen LogP contribution in [-0.2, 0) is 25.6 Å². The minimum absolute atomic E-state index is 0.0592. The number of hydrogen-bond acceptors (Lipinski definition) is 5. The van der Waals surface area contributed by atoms with E-state index in [1.54, 1.807) is 0 Å².